The summed E-state index contributed by atoms with van der Waals surface area (Å²) in [7, 11) is 0. The van der Waals surface area contributed by atoms with Crippen molar-refractivity contribution in [1.29, 1.82) is 5.41 Å². The van der Waals surface area contributed by atoms with Gasteiger partial charge in [-0.1, -0.05) is 69.6 Å². The fourth-order valence-electron chi connectivity index (χ4n) is 2.66. The van der Waals surface area contributed by atoms with E-state index in [0.29, 0.717) is 0 Å². The van der Waals surface area contributed by atoms with Gasteiger partial charge in [-0.15, -0.1) is 0 Å². The Labute approximate surface area is 229 Å². The minimum absolute atomic E-state index is 0.517. The third kappa shape index (κ3) is 11.6. The summed E-state index contributed by atoms with van der Waals surface area (Å²) in [5.41, 5.74) is 0. The van der Waals surface area contributed by atoms with Crippen LogP contribution in [0.2, 0.25) is 0 Å². The van der Waals surface area contributed by atoms with Gasteiger partial charge >= 0.3 is 24.0 Å². The number of carbonyl (C=O) groups is 4. The first kappa shape index (κ1) is 31.9. The van der Waals surface area contributed by atoms with Crippen molar-refractivity contribution in [2.45, 2.75) is 59.0 Å². The fraction of sp³-hybridized carbons (Fsp3) is 0.706. The Morgan fingerprint density at radius 1 is 0.857 bits per heavy atom. The molecule has 5 atom stereocenters. The predicted molar refractivity (Wildman–Crippen MR) is 124 cm³/mol. The van der Waals surface area contributed by atoms with Crippen LogP contribution in [0.3, 0.4) is 0 Å². The molecular weight excluding hydrogens is 605 g/mol. The molecule has 1 saturated heterocycles. The van der Waals surface area contributed by atoms with Crippen molar-refractivity contribution in [2.75, 3.05) is 13.2 Å². The molecule has 0 bridgehead atoms. The first-order valence-electron chi connectivity index (χ1n) is 9.36. The number of nitrogens with one attached hydrogen (secondary N) is 2. The van der Waals surface area contributed by atoms with Gasteiger partial charge in [-0.25, -0.2) is 4.79 Å². The second-order valence-electron chi connectivity index (χ2n) is 6.80. The van der Waals surface area contributed by atoms with Gasteiger partial charge in [0, 0.05) is 20.8 Å². The number of ether oxygens (including phenoxy) is 6. The van der Waals surface area contributed by atoms with Gasteiger partial charge in [-0.3, -0.25) is 19.8 Å². The smallest absolute Gasteiger partial charge is 0.407 e. The largest absolute Gasteiger partial charge is 0.463 e. The molecule has 1 rings (SSSR count). The standard InChI is InChI=1S/C17H20Cl6N2O10/c1-6(26)30-4-9-11(32-7(2)27)12(33-8(3)28)10(25-15(29)31-5-16(18,19)20)13(34-9)35-14(24)17(21,22)23/h9-13,24H,4-5H2,1-3H3,(H,25,29)/t9?,10?,11-,12-,13+/m1/s1. The van der Waals surface area contributed by atoms with E-state index in [1.807, 2.05) is 0 Å². The number of hydrogen-bond acceptors (Lipinski definition) is 11. The van der Waals surface area contributed by atoms with Crippen LogP contribution in [-0.4, -0.2) is 81.3 Å². The molecule has 2 N–H and O–H groups in total. The lowest BCUT2D eigenvalue weighted by atomic mass is 9.96. The normalized spacial score (nSPS) is 24.5. The number of hydrogen-bond donors (Lipinski definition) is 2. The molecule has 0 aromatic rings. The summed E-state index contributed by atoms with van der Waals surface area (Å²) in [6.45, 7) is 1.97. The number of esters is 3. The molecule has 2 unspecified atom stereocenters. The second-order valence-corrected chi connectivity index (χ2v) is 11.6. The second kappa shape index (κ2) is 13.4. The Hall–Kier alpha value is -1.15. The number of amides is 1. The fourth-order valence-corrected chi connectivity index (χ4v) is 2.96. The summed E-state index contributed by atoms with van der Waals surface area (Å²) in [4.78, 5) is 47.3. The number of alkyl carbamates (subject to hydrolysis) is 1. The van der Waals surface area contributed by atoms with E-state index in [2.05, 4.69) is 5.32 Å². The van der Waals surface area contributed by atoms with Gasteiger partial charge in [0.05, 0.1) is 0 Å². The molecule has 0 aromatic heterocycles. The van der Waals surface area contributed by atoms with Crippen molar-refractivity contribution in [1.82, 2.24) is 5.32 Å². The molecule has 35 heavy (non-hydrogen) atoms. The summed E-state index contributed by atoms with van der Waals surface area (Å²) in [5, 5.41) is 10.1. The lowest BCUT2D eigenvalue weighted by Gasteiger charge is -2.44. The molecule has 1 heterocycles. The molecule has 1 fully saturated rings. The van der Waals surface area contributed by atoms with Crippen molar-refractivity contribution in [3.63, 3.8) is 0 Å². The number of carbonyl (C=O) groups excluding carboxylic acids is 4. The molecule has 200 valence electrons. The van der Waals surface area contributed by atoms with E-state index >= 15 is 0 Å². The summed E-state index contributed by atoms with van der Waals surface area (Å²) >= 11 is 33.7. The van der Waals surface area contributed by atoms with Crippen LogP contribution in [-0.2, 0) is 42.8 Å². The van der Waals surface area contributed by atoms with E-state index < -0.39 is 81.3 Å². The highest BCUT2D eigenvalue weighted by Crippen LogP contribution is 2.33. The highest BCUT2D eigenvalue weighted by molar-refractivity contribution is 6.76. The summed E-state index contributed by atoms with van der Waals surface area (Å²) in [6, 6.07) is -1.55. The van der Waals surface area contributed by atoms with Gasteiger partial charge in [-0.2, -0.15) is 0 Å². The first-order chi connectivity index (χ1) is 15.9. The molecule has 1 aliphatic heterocycles. The molecule has 0 radical (unpaired) electrons. The van der Waals surface area contributed by atoms with Gasteiger partial charge in [0.1, 0.15) is 25.4 Å². The summed E-state index contributed by atoms with van der Waals surface area (Å²) in [5.74, 6) is -3.39. The monoisotopic (exact) mass is 622 g/mol. The molecule has 0 spiro atoms. The van der Waals surface area contributed by atoms with E-state index in [1.54, 1.807) is 0 Å². The number of alkyl halides is 6. The maximum atomic E-state index is 12.4. The van der Waals surface area contributed by atoms with Gasteiger partial charge in [0.25, 0.3) is 3.79 Å². The van der Waals surface area contributed by atoms with Crippen LogP contribution in [0.15, 0.2) is 0 Å². The van der Waals surface area contributed by atoms with Crippen molar-refractivity contribution in [3.05, 3.63) is 0 Å². The average Bonchev–Trinajstić information content (AvgIpc) is 2.67. The van der Waals surface area contributed by atoms with E-state index in [-0.39, 0.29) is 0 Å². The van der Waals surface area contributed by atoms with E-state index in [9.17, 15) is 19.2 Å². The molecule has 1 amide bonds. The predicted octanol–water partition coefficient (Wildman–Crippen LogP) is 2.97. The van der Waals surface area contributed by atoms with Gasteiger partial charge in [0.15, 0.2) is 12.2 Å². The van der Waals surface area contributed by atoms with Crippen LogP contribution in [0.4, 0.5) is 4.79 Å². The highest BCUT2D eigenvalue weighted by Gasteiger charge is 2.53. The Kier molecular flexibility index (Phi) is 12.2. The van der Waals surface area contributed by atoms with Gasteiger partial charge in [-0.05, 0) is 0 Å². The minimum atomic E-state index is -2.36. The molecular formula is C17H20Cl6N2O10. The third-order valence-corrected chi connectivity index (χ3v) is 4.69. The Bertz CT molecular complexity index is 818. The quantitative estimate of drug-likeness (QED) is 0.142. The molecule has 1 aliphatic rings. The minimum Gasteiger partial charge on any atom is -0.463 e. The van der Waals surface area contributed by atoms with E-state index in [0.717, 1.165) is 20.8 Å². The summed E-state index contributed by atoms with van der Waals surface area (Å²) in [6.07, 6.45) is -7.25. The van der Waals surface area contributed by atoms with Crippen molar-refractivity contribution >= 4 is 99.5 Å². The van der Waals surface area contributed by atoms with E-state index in [4.69, 9.17) is 103 Å². The van der Waals surface area contributed by atoms with Crippen molar-refractivity contribution in [3.8, 4) is 0 Å². The average molecular weight is 625 g/mol. The molecule has 0 saturated carbocycles. The number of halogens is 6. The van der Waals surface area contributed by atoms with Gasteiger partial charge < -0.3 is 33.7 Å². The summed E-state index contributed by atoms with van der Waals surface area (Å²) < 4.78 is 26.8. The zero-order chi connectivity index (χ0) is 27.1. The van der Waals surface area contributed by atoms with Crippen LogP contribution in [0.5, 0.6) is 0 Å². The molecule has 18 heteroatoms. The Balaban J connectivity index is 3.41. The molecule has 12 nitrogen and oxygen atoms in total. The zero-order valence-corrected chi connectivity index (χ0v) is 22.7. The van der Waals surface area contributed by atoms with Crippen LogP contribution in [0.25, 0.3) is 0 Å². The van der Waals surface area contributed by atoms with Crippen molar-refractivity contribution in [2.24, 2.45) is 0 Å². The lowest BCUT2D eigenvalue weighted by Crippen LogP contribution is -2.67. The van der Waals surface area contributed by atoms with Gasteiger partial charge in [0.2, 0.25) is 16.0 Å². The molecule has 0 aliphatic carbocycles. The topological polar surface area (TPSA) is 160 Å². The highest BCUT2D eigenvalue weighted by atomic mass is 35.6. The SMILES string of the molecule is CC(=O)OCC1O[C@@H](OC(=N)C(Cl)(Cl)Cl)C(NC(=O)OCC(Cl)(Cl)Cl)[C@@H](OC(C)=O)[C@@H]1OC(C)=O. The van der Waals surface area contributed by atoms with Crippen LogP contribution >= 0.6 is 69.6 Å². The first-order valence-corrected chi connectivity index (χ1v) is 11.6. The third-order valence-electron chi connectivity index (χ3n) is 3.84. The van der Waals surface area contributed by atoms with Crippen LogP contribution in [0.1, 0.15) is 20.8 Å². The maximum Gasteiger partial charge on any atom is 0.407 e. The maximum absolute atomic E-state index is 12.4. The van der Waals surface area contributed by atoms with Crippen LogP contribution < -0.4 is 5.32 Å². The van der Waals surface area contributed by atoms with Crippen LogP contribution in [0, 0.1) is 5.41 Å². The molecule has 0 aromatic carbocycles. The number of rotatable bonds is 7. The lowest BCUT2D eigenvalue weighted by molar-refractivity contribution is -0.260. The van der Waals surface area contributed by atoms with E-state index in [1.165, 1.54) is 0 Å². The Morgan fingerprint density at radius 2 is 1.40 bits per heavy atom. The Morgan fingerprint density at radius 3 is 1.86 bits per heavy atom. The van der Waals surface area contributed by atoms with Crippen molar-refractivity contribution < 1.29 is 47.6 Å². The zero-order valence-electron chi connectivity index (χ0n) is 18.2.